The van der Waals surface area contributed by atoms with Crippen LogP contribution in [-0.4, -0.2) is 25.7 Å². The minimum absolute atomic E-state index is 0.0940. The number of pyridine rings is 1. The molecule has 4 rings (SSSR count). The number of anilines is 1. The molecular weight excluding hydrogens is 418 g/mol. The minimum atomic E-state index is -0.479. The first-order valence-corrected chi connectivity index (χ1v) is 11.4. The van der Waals surface area contributed by atoms with Crippen LogP contribution in [-0.2, 0) is 11.3 Å². The third kappa shape index (κ3) is 4.73. The van der Waals surface area contributed by atoms with Crippen molar-refractivity contribution in [3.05, 3.63) is 89.7 Å². The molecule has 1 unspecified atom stereocenters. The SMILES string of the molecule is CCn1c(SC(C(=O)Nc2cc(C)ccc2C)c2ccccc2)nnc1-c1cccnc1. The van der Waals surface area contributed by atoms with Crippen LogP contribution in [0.15, 0.2) is 78.2 Å². The summed E-state index contributed by atoms with van der Waals surface area (Å²) in [7, 11) is 0. The Hall–Kier alpha value is -3.45. The van der Waals surface area contributed by atoms with E-state index < -0.39 is 5.25 Å². The van der Waals surface area contributed by atoms with Crippen LogP contribution in [0.5, 0.6) is 0 Å². The minimum Gasteiger partial charge on any atom is -0.325 e. The maximum atomic E-state index is 13.5. The van der Waals surface area contributed by atoms with Crippen LogP contribution >= 0.6 is 11.8 Å². The Balaban J connectivity index is 1.67. The molecule has 32 heavy (non-hydrogen) atoms. The molecule has 1 atom stereocenters. The van der Waals surface area contributed by atoms with Crippen LogP contribution in [0.1, 0.15) is 28.9 Å². The molecule has 4 aromatic rings. The van der Waals surface area contributed by atoms with Gasteiger partial charge in [0.2, 0.25) is 5.91 Å². The Labute approximate surface area is 192 Å². The van der Waals surface area contributed by atoms with Crippen molar-refractivity contribution in [1.82, 2.24) is 19.7 Å². The lowest BCUT2D eigenvalue weighted by Gasteiger charge is -2.18. The summed E-state index contributed by atoms with van der Waals surface area (Å²) in [6, 6.07) is 19.7. The van der Waals surface area contributed by atoms with Crippen molar-refractivity contribution in [3.8, 4) is 11.4 Å². The van der Waals surface area contributed by atoms with Crippen LogP contribution in [0.25, 0.3) is 11.4 Å². The molecule has 0 saturated heterocycles. The Morgan fingerprint density at radius 2 is 1.88 bits per heavy atom. The van der Waals surface area contributed by atoms with Gasteiger partial charge in [0.05, 0.1) is 0 Å². The standard InChI is InChI=1S/C25H25N5OS/c1-4-30-23(20-11-8-14-26-16-20)28-29-25(30)32-22(19-9-6-5-7-10-19)24(31)27-21-15-17(2)12-13-18(21)3/h5-16,22H,4H2,1-3H3,(H,27,31). The molecule has 0 spiro atoms. The molecule has 0 bridgehead atoms. The highest BCUT2D eigenvalue weighted by atomic mass is 32.2. The summed E-state index contributed by atoms with van der Waals surface area (Å²) in [6.07, 6.45) is 3.50. The maximum absolute atomic E-state index is 13.5. The molecule has 2 aromatic carbocycles. The van der Waals surface area contributed by atoms with Gasteiger partial charge in [-0.1, -0.05) is 54.2 Å². The van der Waals surface area contributed by atoms with E-state index in [2.05, 4.69) is 20.5 Å². The molecule has 0 aliphatic rings. The van der Waals surface area contributed by atoms with E-state index in [-0.39, 0.29) is 5.91 Å². The van der Waals surface area contributed by atoms with Crippen molar-refractivity contribution in [2.24, 2.45) is 0 Å². The molecule has 0 aliphatic heterocycles. The summed E-state index contributed by atoms with van der Waals surface area (Å²) >= 11 is 1.40. The van der Waals surface area contributed by atoms with Gasteiger partial charge in [0.25, 0.3) is 0 Å². The molecule has 0 aliphatic carbocycles. The van der Waals surface area contributed by atoms with Gasteiger partial charge in [-0.3, -0.25) is 9.78 Å². The zero-order valence-electron chi connectivity index (χ0n) is 18.3. The van der Waals surface area contributed by atoms with Crippen LogP contribution in [0, 0.1) is 13.8 Å². The largest absolute Gasteiger partial charge is 0.325 e. The highest BCUT2D eigenvalue weighted by Crippen LogP contribution is 2.37. The third-order valence-electron chi connectivity index (χ3n) is 5.17. The predicted molar refractivity (Wildman–Crippen MR) is 129 cm³/mol. The monoisotopic (exact) mass is 443 g/mol. The second-order valence-electron chi connectivity index (χ2n) is 7.51. The molecule has 0 fully saturated rings. The third-order valence-corrected chi connectivity index (χ3v) is 6.40. The first kappa shape index (κ1) is 21.8. The number of benzene rings is 2. The lowest BCUT2D eigenvalue weighted by Crippen LogP contribution is -2.20. The average molecular weight is 444 g/mol. The van der Waals surface area contributed by atoms with Gasteiger partial charge in [-0.2, -0.15) is 0 Å². The Morgan fingerprint density at radius 1 is 1.06 bits per heavy atom. The number of nitrogens with zero attached hydrogens (tertiary/aromatic N) is 4. The number of aromatic nitrogens is 4. The zero-order valence-corrected chi connectivity index (χ0v) is 19.1. The fraction of sp³-hybridized carbons (Fsp3) is 0.200. The van der Waals surface area contributed by atoms with Crippen LogP contribution in [0.4, 0.5) is 5.69 Å². The number of thioether (sulfide) groups is 1. The second-order valence-corrected chi connectivity index (χ2v) is 8.58. The van der Waals surface area contributed by atoms with Gasteiger partial charge < -0.3 is 9.88 Å². The number of carbonyl (C=O) groups is 1. The maximum Gasteiger partial charge on any atom is 0.242 e. The van der Waals surface area contributed by atoms with Crippen molar-refractivity contribution in [3.63, 3.8) is 0 Å². The Morgan fingerprint density at radius 3 is 2.59 bits per heavy atom. The van der Waals surface area contributed by atoms with E-state index in [1.807, 2.05) is 86.0 Å². The van der Waals surface area contributed by atoms with E-state index in [0.717, 1.165) is 33.8 Å². The fourth-order valence-corrected chi connectivity index (χ4v) is 4.55. The van der Waals surface area contributed by atoms with E-state index in [0.29, 0.717) is 11.7 Å². The number of hydrogen-bond donors (Lipinski definition) is 1. The lowest BCUT2D eigenvalue weighted by atomic mass is 10.1. The smallest absolute Gasteiger partial charge is 0.242 e. The second kappa shape index (κ2) is 9.78. The molecule has 1 amide bonds. The molecule has 0 saturated carbocycles. The predicted octanol–water partition coefficient (Wildman–Crippen LogP) is 5.45. The molecule has 2 aromatic heterocycles. The number of nitrogens with one attached hydrogen (secondary N) is 1. The number of rotatable bonds is 7. The Bertz CT molecular complexity index is 1210. The van der Waals surface area contributed by atoms with Gasteiger partial charge in [-0.05, 0) is 55.7 Å². The molecule has 1 N–H and O–H groups in total. The summed E-state index contributed by atoms with van der Waals surface area (Å²) in [5.41, 5.74) is 4.75. The number of amides is 1. The number of aryl methyl sites for hydroxylation is 2. The van der Waals surface area contributed by atoms with Gasteiger partial charge in [-0.15, -0.1) is 10.2 Å². The average Bonchev–Trinajstić information content (AvgIpc) is 3.23. The zero-order chi connectivity index (χ0) is 22.5. The summed E-state index contributed by atoms with van der Waals surface area (Å²) in [4.78, 5) is 17.7. The molecular formula is C25H25N5OS. The molecule has 162 valence electrons. The first-order chi connectivity index (χ1) is 15.6. The molecule has 7 heteroatoms. The van der Waals surface area contributed by atoms with E-state index in [4.69, 9.17) is 0 Å². The van der Waals surface area contributed by atoms with Gasteiger partial charge in [-0.25, -0.2) is 0 Å². The van der Waals surface area contributed by atoms with Crippen molar-refractivity contribution < 1.29 is 4.79 Å². The molecule has 2 heterocycles. The highest BCUT2D eigenvalue weighted by Gasteiger charge is 2.26. The fourth-order valence-electron chi connectivity index (χ4n) is 3.44. The van der Waals surface area contributed by atoms with Crippen molar-refractivity contribution in [1.29, 1.82) is 0 Å². The summed E-state index contributed by atoms with van der Waals surface area (Å²) in [6.45, 7) is 6.73. The quantitative estimate of drug-likeness (QED) is 0.385. The van der Waals surface area contributed by atoms with Crippen LogP contribution in [0.3, 0.4) is 0 Å². The molecule has 0 radical (unpaired) electrons. The van der Waals surface area contributed by atoms with Crippen molar-refractivity contribution in [2.45, 2.75) is 37.7 Å². The van der Waals surface area contributed by atoms with E-state index in [9.17, 15) is 4.79 Å². The first-order valence-electron chi connectivity index (χ1n) is 10.5. The summed E-state index contributed by atoms with van der Waals surface area (Å²) in [5.74, 6) is 0.647. The van der Waals surface area contributed by atoms with E-state index >= 15 is 0 Å². The number of carbonyl (C=O) groups excluding carboxylic acids is 1. The lowest BCUT2D eigenvalue weighted by molar-refractivity contribution is -0.115. The normalized spacial score (nSPS) is 11.8. The topological polar surface area (TPSA) is 72.7 Å². The van der Waals surface area contributed by atoms with Gasteiger partial charge >= 0.3 is 0 Å². The van der Waals surface area contributed by atoms with Gasteiger partial charge in [0.15, 0.2) is 11.0 Å². The van der Waals surface area contributed by atoms with Crippen molar-refractivity contribution in [2.75, 3.05) is 5.32 Å². The van der Waals surface area contributed by atoms with Gasteiger partial charge in [0, 0.05) is 30.2 Å². The van der Waals surface area contributed by atoms with Crippen molar-refractivity contribution >= 4 is 23.4 Å². The Kier molecular flexibility index (Phi) is 6.66. The summed E-state index contributed by atoms with van der Waals surface area (Å²) in [5, 5.41) is 12.1. The van der Waals surface area contributed by atoms with E-state index in [1.165, 1.54) is 11.8 Å². The van der Waals surface area contributed by atoms with Crippen LogP contribution < -0.4 is 5.32 Å². The summed E-state index contributed by atoms with van der Waals surface area (Å²) < 4.78 is 2.02. The van der Waals surface area contributed by atoms with Crippen LogP contribution in [0.2, 0.25) is 0 Å². The number of hydrogen-bond acceptors (Lipinski definition) is 5. The highest BCUT2D eigenvalue weighted by molar-refractivity contribution is 8.00. The molecule has 6 nitrogen and oxygen atoms in total. The van der Waals surface area contributed by atoms with Gasteiger partial charge in [0.1, 0.15) is 5.25 Å². The van der Waals surface area contributed by atoms with E-state index in [1.54, 1.807) is 12.4 Å².